The number of rotatable bonds is 3. The molecule has 0 unspecified atom stereocenters. The zero-order valence-corrected chi connectivity index (χ0v) is 9.44. The number of hydrogen-bond donors (Lipinski definition) is 1. The number of hydrogen-bond acceptors (Lipinski definition) is 4. The Labute approximate surface area is 91.9 Å². The van der Waals surface area contributed by atoms with Crippen molar-refractivity contribution in [2.45, 2.75) is 33.4 Å². The van der Waals surface area contributed by atoms with Crippen LogP contribution < -0.4 is 11.2 Å². The Hall–Kier alpha value is -1.85. The first-order chi connectivity index (χ1) is 7.40. The lowest BCUT2D eigenvalue weighted by Crippen LogP contribution is -2.33. The largest absolute Gasteiger partial charge is 0.462 e. The summed E-state index contributed by atoms with van der Waals surface area (Å²) in [7, 11) is 0. The average molecular weight is 226 g/mol. The normalized spacial score (nSPS) is 10.5. The van der Waals surface area contributed by atoms with E-state index in [4.69, 9.17) is 4.74 Å². The fourth-order valence-corrected chi connectivity index (χ4v) is 1.18. The molecule has 1 heterocycles. The maximum atomic E-state index is 11.3. The molecule has 0 aliphatic heterocycles. The highest BCUT2D eigenvalue weighted by Gasteiger charge is 2.08. The predicted octanol–water partition coefficient (Wildman–Crippen LogP) is -0.203. The minimum atomic E-state index is -0.615. The van der Waals surface area contributed by atoms with E-state index in [0.717, 1.165) is 4.57 Å². The number of aromatic amines is 1. The fraction of sp³-hybridized carbons (Fsp3) is 0.500. The van der Waals surface area contributed by atoms with Crippen LogP contribution >= 0.6 is 0 Å². The minimum Gasteiger partial charge on any atom is -0.462 e. The molecule has 0 saturated heterocycles. The molecular formula is C10H14N2O4. The van der Waals surface area contributed by atoms with Gasteiger partial charge in [0.15, 0.2) is 0 Å². The van der Waals surface area contributed by atoms with Crippen molar-refractivity contribution in [2.24, 2.45) is 0 Å². The number of carbonyl (C=O) groups excluding carboxylic acids is 1. The van der Waals surface area contributed by atoms with Crippen LogP contribution in [-0.2, 0) is 16.1 Å². The zero-order valence-electron chi connectivity index (χ0n) is 9.44. The van der Waals surface area contributed by atoms with Gasteiger partial charge in [0, 0.05) is 11.8 Å². The maximum Gasteiger partial charge on any atom is 0.328 e. The lowest BCUT2D eigenvalue weighted by Gasteiger charge is -2.09. The van der Waals surface area contributed by atoms with Crippen LogP contribution in [0.4, 0.5) is 0 Å². The van der Waals surface area contributed by atoms with E-state index in [9.17, 15) is 14.4 Å². The third-order valence-corrected chi connectivity index (χ3v) is 1.86. The molecule has 6 heteroatoms. The molecule has 1 rings (SSSR count). The highest BCUT2D eigenvalue weighted by molar-refractivity contribution is 5.69. The van der Waals surface area contributed by atoms with E-state index < -0.39 is 17.2 Å². The van der Waals surface area contributed by atoms with Gasteiger partial charge >= 0.3 is 11.7 Å². The molecule has 1 N–H and O–H groups in total. The molecule has 6 nitrogen and oxygen atoms in total. The van der Waals surface area contributed by atoms with E-state index in [0.29, 0.717) is 5.56 Å². The van der Waals surface area contributed by atoms with E-state index in [1.54, 1.807) is 20.8 Å². The molecule has 0 aromatic carbocycles. The number of esters is 1. The van der Waals surface area contributed by atoms with E-state index in [-0.39, 0.29) is 12.6 Å². The van der Waals surface area contributed by atoms with Crippen LogP contribution in [0.15, 0.2) is 15.8 Å². The van der Waals surface area contributed by atoms with Crippen LogP contribution in [0.2, 0.25) is 0 Å². The average Bonchev–Trinajstić information content (AvgIpc) is 2.12. The molecule has 88 valence electrons. The highest BCUT2D eigenvalue weighted by Crippen LogP contribution is 1.92. The standard InChI is InChI=1S/C10H14N2O4/c1-6(2)16-8(13)5-12-4-7(3)9(14)11-10(12)15/h4,6H,5H2,1-3H3,(H,11,14,15). The van der Waals surface area contributed by atoms with Crippen LogP contribution in [0, 0.1) is 6.92 Å². The molecular weight excluding hydrogens is 212 g/mol. The summed E-state index contributed by atoms with van der Waals surface area (Å²) in [6, 6.07) is 0. The van der Waals surface area contributed by atoms with E-state index in [1.165, 1.54) is 6.20 Å². The number of aryl methyl sites for hydroxylation is 1. The van der Waals surface area contributed by atoms with Gasteiger partial charge in [-0.25, -0.2) is 4.79 Å². The Morgan fingerprint density at radius 3 is 2.69 bits per heavy atom. The van der Waals surface area contributed by atoms with Gasteiger partial charge in [-0.15, -0.1) is 0 Å². The summed E-state index contributed by atoms with van der Waals surface area (Å²) in [5.74, 6) is -0.511. The van der Waals surface area contributed by atoms with Crippen molar-refractivity contribution in [3.8, 4) is 0 Å². The van der Waals surface area contributed by atoms with Gasteiger partial charge in [-0.2, -0.15) is 0 Å². The summed E-state index contributed by atoms with van der Waals surface area (Å²) in [4.78, 5) is 35.8. The number of carbonyl (C=O) groups is 1. The maximum absolute atomic E-state index is 11.3. The quantitative estimate of drug-likeness (QED) is 0.723. The van der Waals surface area contributed by atoms with Crippen molar-refractivity contribution in [1.82, 2.24) is 9.55 Å². The Balaban J connectivity index is 2.90. The van der Waals surface area contributed by atoms with Gasteiger partial charge in [-0.1, -0.05) is 0 Å². The molecule has 0 fully saturated rings. The van der Waals surface area contributed by atoms with Crippen molar-refractivity contribution in [3.05, 3.63) is 32.6 Å². The number of aromatic nitrogens is 2. The first-order valence-electron chi connectivity index (χ1n) is 4.90. The number of ether oxygens (including phenoxy) is 1. The molecule has 0 radical (unpaired) electrons. The van der Waals surface area contributed by atoms with Gasteiger partial charge in [0.1, 0.15) is 6.54 Å². The van der Waals surface area contributed by atoms with Gasteiger partial charge in [0.25, 0.3) is 5.56 Å². The topological polar surface area (TPSA) is 81.2 Å². The number of nitrogens with one attached hydrogen (secondary N) is 1. The summed E-state index contributed by atoms with van der Waals surface area (Å²) >= 11 is 0. The van der Waals surface area contributed by atoms with Crippen LogP contribution in [0.3, 0.4) is 0 Å². The molecule has 1 aromatic heterocycles. The highest BCUT2D eigenvalue weighted by atomic mass is 16.5. The molecule has 0 aliphatic carbocycles. The van der Waals surface area contributed by atoms with Gasteiger partial charge < -0.3 is 4.74 Å². The third-order valence-electron chi connectivity index (χ3n) is 1.86. The molecule has 0 saturated carbocycles. The van der Waals surface area contributed by atoms with E-state index in [1.807, 2.05) is 0 Å². The minimum absolute atomic E-state index is 0.200. The molecule has 0 spiro atoms. The Bertz CT molecular complexity index is 498. The summed E-state index contributed by atoms with van der Waals surface area (Å²) in [6.07, 6.45) is 1.11. The van der Waals surface area contributed by atoms with Gasteiger partial charge in [-0.3, -0.25) is 19.1 Å². The van der Waals surface area contributed by atoms with Crippen LogP contribution in [-0.4, -0.2) is 21.6 Å². The molecule has 0 aliphatic rings. The van der Waals surface area contributed by atoms with Crippen molar-refractivity contribution < 1.29 is 9.53 Å². The van der Waals surface area contributed by atoms with Crippen molar-refractivity contribution in [3.63, 3.8) is 0 Å². The second-order valence-corrected chi connectivity index (χ2v) is 3.74. The summed E-state index contributed by atoms with van der Waals surface area (Å²) < 4.78 is 6.00. The summed E-state index contributed by atoms with van der Waals surface area (Å²) in [5.41, 5.74) is -0.688. The van der Waals surface area contributed by atoms with Crippen molar-refractivity contribution in [2.75, 3.05) is 0 Å². The molecule has 16 heavy (non-hydrogen) atoms. The first kappa shape index (κ1) is 12.2. The summed E-state index contributed by atoms with van der Waals surface area (Å²) in [6.45, 7) is 4.80. The Morgan fingerprint density at radius 2 is 2.12 bits per heavy atom. The van der Waals surface area contributed by atoms with Gasteiger partial charge in [-0.05, 0) is 20.8 Å². The number of H-pyrrole nitrogens is 1. The lowest BCUT2D eigenvalue weighted by atomic mass is 10.4. The second kappa shape index (κ2) is 4.78. The van der Waals surface area contributed by atoms with Crippen LogP contribution in [0.25, 0.3) is 0 Å². The lowest BCUT2D eigenvalue weighted by molar-refractivity contribution is -0.148. The SMILES string of the molecule is Cc1cn(CC(=O)OC(C)C)c(=O)[nH]c1=O. The number of nitrogens with zero attached hydrogens (tertiary/aromatic N) is 1. The van der Waals surface area contributed by atoms with Crippen LogP contribution in [0.5, 0.6) is 0 Å². The second-order valence-electron chi connectivity index (χ2n) is 3.74. The van der Waals surface area contributed by atoms with Gasteiger partial charge in [0.05, 0.1) is 6.10 Å². The van der Waals surface area contributed by atoms with Crippen molar-refractivity contribution in [1.29, 1.82) is 0 Å². The van der Waals surface area contributed by atoms with Crippen molar-refractivity contribution >= 4 is 5.97 Å². The van der Waals surface area contributed by atoms with E-state index in [2.05, 4.69) is 4.98 Å². The monoisotopic (exact) mass is 226 g/mol. The van der Waals surface area contributed by atoms with Gasteiger partial charge in [0.2, 0.25) is 0 Å². The Kier molecular flexibility index (Phi) is 3.65. The predicted molar refractivity (Wildman–Crippen MR) is 57.3 cm³/mol. The molecule has 1 aromatic rings. The Morgan fingerprint density at radius 1 is 1.50 bits per heavy atom. The third kappa shape index (κ3) is 3.08. The fourth-order valence-electron chi connectivity index (χ4n) is 1.18. The zero-order chi connectivity index (χ0) is 12.3. The van der Waals surface area contributed by atoms with Crippen LogP contribution in [0.1, 0.15) is 19.4 Å². The summed E-state index contributed by atoms with van der Waals surface area (Å²) in [5, 5.41) is 0. The molecule has 0 amide bonds. The van der Waals surface area contributed by atoms with E-state index >= 15 is 0 Å². The smallest absolute Gasteiger partial charge is 0.328 e. The first-order valence-corrected chi connectivity index (χ1v) is 4.90. The molecule has 0 atom stereocenters. The molecule has 0 bridgehead atoms.